The Hall–Kier alpha value is -1.35. The highest BCUT2D eigenvalue weighted by molar-refractivity contribution is 5.69. The molecule has 2 fully saturated rings. The fourth-order valence-electron chi connectivity index (χ4n) is 7.21. The summed E-state index contributed by atoms with van der Waals surface area (Å²) in [6.07, 6.45) is 16.0. The zero-order valence-electron chi connectivity index (χ0n) is 17.9. The van der Waals surface area contributed by atoms with Crippen LogP contribution < -0.4 is 0 Å². The lowest BCUT2D eigenvalue weighted by molar-refractivity contribution is -0.141. The van der Waals surface area contributed by atoms with Gasteiger partial charge in [0.1, 0.15) is 0 Å². The molecule has 3 nitrogen and oxygen atoms in total. The van der Waals surface area contributed by atoms with Gasteiger partial charge in [0.25, 0.3) is 0 Å². The van der Waals surface area contributed by atoms with Gasteiger partial charge in [0.2, 0.25) is 0 Å². The summed E-state index contributed by atoms with van der Waals surface area (Å²) < 4.78 is 4.86. The van der Waals surface area contributed by atoms with Crippen LogP contribution in [-0.4, -0.2) is 24.3 Å². The normalized spacial score (nSPS) is 42.6. The third-order valence-electron chi connectivity index (χ3n) is 8.89. The predicted octanol–water partition coefficient (Wildman–Crippen LogP) is 5.21. The summed E-state index contributed by atoms with van der Waals surface area (Å²) in [4.78, 5) is 11.6. The van der Waals surface area contributed by atoms with E-state index in [1.807, 2.05) is 6.08 Å². The van der Waals surface area contributed by atoms with Gasteiger partial charge in [0.05, 0.1) is 13.2 Å². The van der Waals surface area contributed by atoms with Gasteiger partial charge in [0.15, 0.2) is 0 Å². The quantitative estimate of drug-likeness (QED) is 0.534. The van der Waals surface area contributed by atoms with Gasteiger partial charge < -0.3 is 9.84 Å². The van der Waals surface area contributed by atoms with Gasteiger partial charge in [-0.25, -0.2) is 0 Å². The average molecular weight is 385 g/mol. The molecule has 0 heterocycles. The summed E-state index contributed by atoms with van der Waals surface area (Å²) >= 11 is 0. The molecule has 4 aliphatic carbocycles. The lowest BCUT2D eigenvalue weighted by Crippen LogP contribution is -2.45. The van der Waals surface area contributed by atoms with Crippen LogP contribution in [0.15, 0.2) is 35.5 Å². The van der Waals surface area contributed by atoms with Crippen molar-refractivity contribution in [1.29, 1.82) is 0 Å². The minimum atomic E-state index is -0.324. The molecule has 0 amide bonds. The standard InChI is InChI=1S/C25H36O3/c1-16(5-10-23(27)28-4)20-8-9-21-19-7-6-17-15-18(26)11-13-24(17,2)22(19)12-14-25(20,21)3/h6-7,11,13,16,18,20-22,26H,5,8-10,12,14-15H2,1-4H3/t16-,18+,20-,21+,22+,24+,25-/m1/s1. The lowest BCUT2D eigenvalue weighted by Gasteiger charge is -2.53. The van der Waals surface area contributed by atoms with Crippen LogP contribution >= 0.6 is 0 Å². The highest BCUT2D eigenvalue weighted by atomic mass is 16.5. The van der Waals surface area contributed by atoms with Crippen LogP contribution in [0, 0.1) is 34.5 Å². The largest absolute Gasteiger partial charge is 0.469 e. The Kier molecular flexibility index (Phi) is 5.10. The molecule has 0 saturated heterocycles. The van der Waals surface area contributed by atoms with E-state index in [1.54, 1.807) is 5.57 Å². The number of hydrogen-bond acceptors (Lipinski definition) is 3. The molecule has 28 heavy (non-hydrogen) atoms. The molecule has 4 rings (SSSR count). The first-order valence-electron chi connectivity index (χ1n) is 11.1. The molecule has 0 unspecified atom stereocenters. The average Bonchev–Trinajstić information content (AvgIpc) is 3.03. The maximum atomic E-state index is 11.6. The van der Waals surface area contributed by atoms with E-state index in [0.29, 0.717) is 35.5 Å². The second-order valence-electron chi connectivity index (χ2n) is 10.2. The first-order chi connectivity index (χ1) is 13.3. The van der Waals surface area contributed by atoms with E-state index in [-0.39, 0.29) is 17.5 Å². The maximum absolute atomic E-state index is 11.6. The first kappa shape index (κ1) is 19.9. The number of fused-ring (bicyclic) bond motifs is 5. The van der Waals surface area contributed by atoms with Crippen molar-refractivity contribution in [1.82, 2.24) is 0 Å². The van der Waals surface area contributed by atoms with Crippen LogP contribution in [0.25, 0.3) is 0 Å². The highest BCUT2D eigenvalue weighted by Gasteiger charge is 2.56. The van der Waals surface area contributed by atoms with Gasteiger partial charge in [-0.15, -0.1) is 0 Å². The van der Waals surface area contributed by atoms with E-state index in [0.717, 1.165) is 12.8 Å². The molecule has 0 aliphatic heterocycles. The van der Waals surface area contributed by atoms with E-state index >= 15 is 0 Å². The fraction of sp³-hybridized carbons (Fsp3) is 0.720. The van der Waals surface area contributed by atoms with Crippen LogP contribution in [0.2, 0.25) is 0 Å². The third-order valence-corrected chi connectivity index (χ3v) is 8.89. The van der Waals surface area contributed by atoms with E-state index in [2.05, 4.69) is 39.0 Å². The molecule has 0 radical (unpaired) electrons. The number of esters is 1. The zero-order valence-corrected chi connectivity index (χ0v) is 17.9. The molecule has 0 aromatic rings. The van der Waals surface area contributed by atoms with Crippen molar-refractivity contribution in [2.75, 3.05) is 7.11 Å². The Labute approximate surface area is 169 Å². The second kappa shape index (κ2) is 7.16. The summed E-state index contributed by atoms with van der Waals surface area (Å²) in [6, 6.07) is 0. The molecule has 0 spiro atoms. The second-order valence-corrected chi connectivity index (χ2v) is 10.2. The predicted molar refractivity (Wildman–Crippen MR) is 111 cm³/mol. The van der Waals surface area contributed by atoms with Crippen LogP contribution in [-0.2, 0) is 9.53 Å². The van der Waals surface area contributed by atoms with E-state index < -0.39 is 0 Å². The number of carbonyl (C=O) groups is 1. The zero-order chi connectivity index (χ0) is 20.1. The minimum Gasteiger partial charge on any atom is -0.469 e. The van der Waals surface area contributed by atoms with Crippen molar-refractivity contribution in [3.05, 3.63) is 35.5 Å². The van der Waals surface area contributed by atoms with Gasteiger partial charge >= 0.3 is 5.97 Å². The number of carbonyl (C=O) groups excluding carboxylic acids is 1. The fourth-order valence-corrected chi connectivity index (χ4v) is 7.21. The van der Waals surface area contributed by atoms with Crippen molar-refractivity contribution in [3.8, 4) is 0 Å². The van der Waals surface area contributed by atoms with Crippen molar-refractivity contribution in [2.45, 2.75) is 71.8 Å². The number of aliphatic hydroxyl groups is 1. The topological polar surface area (TPSA) is 46.5 Å². The Bertz CT molecular complexity index is 732. The summed E-state index contributed by atoms with van der Waals surface area (Å²) in [5.41, 5.74) is 3.49. The number of ether oxygens (including phenoxy) is 1. The van der Waals surface area contributed by atoms with E-state index in [9.17, 15) is 9.90 Å². The van der Waals surface area contributed by atoms with Gasteiger partial charge in [-0.3, -0.25) is 4.79 Å². The molecule has 3 heteroatoms. The van der Waals surface area contributed by atoms with Crippen molar-refractivity contribution < 1.29 is 14.6 Å². The Morgan fingerprint density at radius 3 is 2.79 bits per heavy atom. The molecule has 2 saturated carbocycles. The Morgan fingerprint density at radius 2 is 2.04 bits per heavy atom. The maximum Gasteiger partial charge on any atom is 0.305 e. The van der Waals surface area contributed by atoms with Gasteiger partial charge in [-0.05, 0) is 67.6 Å². The summed E-state index contributed by atoms with van der Waals surface area (Å²) in [7, 11) is 1.48. The Morgan fingerprint density at radius 1 is 1.25 bits per heavy atom. The number of hydrogen-bond donors (Lipinski definition) is 1. The minimum absolute atomic E-state index is 0.0814. The van der Waals surface area contributed by atoms with Crippen LogP contribution in [0.4, 0.5) is 0 Å². The van der Waals surface area contributed by atoms with Gasteiger partial charge in [-0.1, -0.05) is 56.2 Å². The van der Waals surface area contributed by atoms with Gasteiger partial charge in [-0.2, -0.15) is 0 Å². The van der Waals surface area contributed by atoms with Crippen molar-refractivity contribution in [3.63, 3.8) is 0 Å². The SMILES string of the molecule is COC(=O)CC[C@@H](C)[C@H]1CC[C@H]2C3=CC=C4C[C@@H](O)C=C[C@]4(C)[C@H]3CC[C@]12C. The molecular weight excluding hydrogens is 348 g/mol. The molecule has 154 valence electrons. The molecule has 0 aromatic heterocycles. The smallest absolute Gasteiger partial charge is 0.305 e. The van der Waals surface area contributed by atoms with Crippen LogP contribution in [0.5, 0.6) is 0 Å². The molecule has 7 atom stereocenters. The number of aliphatic hydroxyl groups excluding tert-OH is 1. The third kappa shape index (κ3) is 3.01. The van der Waals surface area contributed by atoms with Crippen LogP contribution in [0.1, 0.15) is 65.7 Å². The summed E-state index contributed by atoms with van der Waals surface area (Å²) in [6.45, 7) is 7.24. The monoisotopic (exact) mass is 384 g/mol. The number of methoxy groups -OCH3 is 1. The van der Waals surface area contributed by atoms with Crippen molar-refractivity contribution in [2.24, 2.45) is 34.5 Å². The lowest BCUT2D eigenvalue weighted by atomic mass is 9.51. The first-order valence-corrected chi connectivity index (χ1v) is 11.1. The molecule has 0 aromatic carbocycles. The van der Waals surface area contributed by atoms with Crippen LogP contribution in [0.3, 0.4) is 0 Å². The Balaban J connectivity index is 1.57. The molecular formula is C25H36O3. The summed E-state index contributed by atoms with van der Waals surface area (Å²) in [5.74, 6) is 2.40. The molecule has 0 bridgehead atoms. The van der Waals surface area contributed by atoms with Crippen molar-refractivity contribution >= 4 is 5.97 Å². The number of allylic oxidation sites excluding steroid dienone is 4. The molecule has 4 aliphatic rings. The molecule has 1 N–H and O–H groups in total. The van der Waals surface area contributed by atoms with Gasteiger partial charge in [0, 0.05) is 11.8 Å². The highest BCUT2D eigenvalue weighted by Crippen LogP contribution is 2.65. The van der Waals surface area contributed by atoms with E-state index in [4.69, 9.17) is 4.74 Å². The number of rotatable bonds is 4. The summed E-state index contributed by atoms with van der Waals surface area (Å²) in [5, 5.41) is 10.1. The van der Waals surface area contributed by atoms with E-state index in [1.165, 1.54) is 38.4 Å².